The molecule has 25 heavy (non-hydrogen) atoms. The van der Waals surface area contributed by atoms with Crippen molar-refractivity contribution in [3.63, 3.8) is 0 Å². The first-order chi connectivity index (χ1) is 11.8. The molecule has 3 aromatic rings. The van der Waals surface area contributed by atoms with E-state index in [1.807, 2.05) is 0 Å². The van der Waals surface area contributed by atoms with Crippen LogP contribution >= 0.6 is 11.3 Å². The molecule has 3 rings (SSSR count). The number of thiazole rings is 1. The van der Waals surface area contributed by atoms with Crippen LogP contribution in [-0.2, 0) is 9.84 Å². The number of sulfone groups is 1. The van der Waals surface area contributed by atoms with Crippen LogP contribution in [0.4, 0.5) is 9.52 Å². The molecular formula is C16H14FN3O3S2. The number of rotatable bonds is 4. The summed E-state index contributed by atoms with van der Waals surface area (Å²) in [7, 11) is -2.13. The summed E-state index contributed by atoms with van der Waals surface area (Å²) < 4.78 is 42.5. The molecule has 9 heteroatoms. The fraction of sp³-hybridized carbons (Fsp3) is 0.125. The van der Waals surface area contributed by atoms with E-state index in [1.165, 1.54) is 36.6 Å². The van der Waals surface area contributed by atoms with Gasteiger partial charge in [-0.3, -0.25) is 0 Å². The van der Waals surface area contributed by atoms with Gasteiger partial charge in [0.05, 0.1) is 17.7 Å². The van der Waals surface area contributed by atoms with Crippen molar-refractivity contribution in [3.05, 3.63) is 42.3 Å². The Balaban J connectivity index is 2.14. The number of anilines is 1. The Morgan fingerprint density at radius 3 is 2.60 bits per heavy atom. The summed E-state index contributed by atoms with van der Waals surface area (Å²) in [4.78, 5) is 8.63. The largest absolute Gasteiger partial charge is 0.481 e. The van der Waals surface area contributed by atoms with Crippen molar-refractivity contribution in [2.24, 2.45) is 0 Å². The van der Waals surface area contributed by atoms with E-state index >= 15 is 0 Å². The van der Waals surface area contributed by atoms with Gasteiger partial charge >= 0.3 is 0 Å². The third-order valence-electron chi connectivity index (χ3n) is 3.45. The average molecular weight is 379 g/mol. The lowest BCUT2D eigenvalue weighted by molar-refractivity contribution is 0.398. The van der Waals surface area contributed by atoms with Gasteiger partial charge in [0.1, 0.15) is 10.7 Å². The molecule has 0 saturated carbocycles. The van der Waals surface area contributed by atoms with Gasteiger partial charge in [-0.2, -0.15) is 0 Å². The molecule has 130 valence electrons. The minimum absolute atomic E-state index is 0.313. The molecule has 0 fully saturated rings. The van der Waals surface area contributed by atoms with Gasteiger partial charge in [0.15, 0.2) is 15.0 Å². The van der Waals surface area contributed by atoms with Gasteiger partial charge in [-0.05, 0) is 23.8 Å². The van der Waals surface area contributed by atoms with Crippen LogP contribution in [0.2, 0.25) is 0 Å². The maximum atomic E-state index is 14.2. The molecule has 2 N–H and O–H groups in total. The molecule has 0 atom stereocenters. The second kappa shape index (κ2) is 6.41. The summed E-state index contributed by atoms with van der Waals surface area (Å²) in [5.74, 6) is -0.404. The summed E-state index contributed by atoms with van der Waals surface area (Å²) in [5.41, 5.74) is 7.58. The number of ether oxygens (including phenoxy) is 1. The number of hydrogen-bond donors (Lipinski definition) is 1. The van der Waals surface area contributed by atoms with Crippen molar-refractivity contribution in [2.75, 3.05) is 19.1 Å². The van der Waals surface area contributed by atoms with E-state index in [0.717, 1.165) is 6.26 Å². The zero-order chi connectivity index (χ0) is 18.2. The molecule has 0 amide bonds. The van der Waals surface area contributed by atoms with Crippen molar-refractivity contribution in [1.82, 2.24) is 9.97 Å². The van der Waals surface area contributed by atoms with Gasteiger partial charge in [0.2, 0.25) is 5.88 Å². The summed E-state index contributed by atoms with van der Waals surface area (Å²) in [6, 6.07) is 7.38. The van der Waals surface area contributed by atoms with Crippen molar-refractivity contribution in [1.29, 1.82) is 0 Å². The Bertz CT molecular complexity index is 1050. The van der Waals surface area contributed by atoms with E-state index in [9.17, 15) is 12.8 Å². The maximum absolute atomic E-state index is 14.2. The van der Waals surface area contributed by atoms with Crippen LogP contribution in [0.5, 0.6) is 5.88 Å². The molecule has 0 aliphatic rings. The van der Waals surface area contributed by atoms with E-state index < -0.39 is 15.7 Å². The molecule has 0 aliphatic heterocycles. The van der Waals surface area contributed by atoms with Gasteiger partial charge < -0.3 is 10.5 Å². The molecular weight excluding hydrogens is 365 g/mol. The highest BCUT2D eigenvalue weighted by Crippen LogP contribution is 2.39. The number of hydrogen-bond acceptors (Lipinski definition) is 7. The van der Waals surface area contributed by atoms with Crippen LogP contribution in [0.25, 0.3) is 21.7 Å². The predicted octanol–water partition coefficient (Wildman–Crippen LogP) is 3.01. The van der Waals surface area contributed by atoms with Crippen molar-refractivity contribution in [3.8, 4) is 27.6 Å². The summed E-state index contributed by atoms with van der Waals surface area (Å²) in [5, 5.41) is 0.313. The van der Waals surface area contributed by atoms with E-state index in [2.05, 4.69) is 9.97 Å². The van der Waals surface area contributed by atoms with Crippen LogP contribution in [0.3, 0.4) is 0 Å². The molecule has 6 nitrogen and oxygen atoms in total. The maximum Gasteiger partial charge on any atom is 0.213 e. The summed E-state index contributed by atoms with van der Waals surface area (Å²) in [6.07, 6.45) is 2.53. The number of nitrogen functional groups attached to an aromatic ring is 1. The molecule has 0 bridgehead atoms. The SMILES string of the molecule is COc1cc(-c2nc(N)sc2-c2ccc(S(C)(=O)=O)c(F)c2)ccn1. The lowest BCUT2D eigenvalue weighted by atomic mass is 10.1. The van der Waals surface area contributed by atoms with Gasteiger partial charge in [0.25, 0.3) is 0 Å². The Labute approximate surface area is 148 Å². The number of halogens is 1. The molecule has 1 aromatic carbocycles. The van der Waals surface area contributed by atoms with Crippen LogP contribution in [0.15, 0.2) is 41.4 Å². The molecule has 0 aliphatic carbocycles. The summed E-state index contributed by atoms with van der Waals surface area (Å²) in [6.45, 7) is 0. The second-order valence-corrected chi connectivity index (χ2v) is 8.25. The smallest absolute Gasteiger partial charge is 0.213 e. The molecule has 0 unspecified atom stereocenters. The lowest BCUT2D eigenvalue weighted by Gasteiger charge is -2.06. The Kier molecular flexibility index (Phi) is 4.44. The van der Waals surface area contributed by atoms with Crippen LogP contribution < -0.4 is 10.5 Å². The first-order valence-corrected chi connectivity index (χ1v) is 9.77. The number of methoxy groups -OCH3 is 1. The number of aromatic nitrogens is 2. The quantitative estimate of drug-likeness (QED) is 0.749. The first kappa shape index (κ1) is 17.3. The van der Waals surface area contributed by atoms with Gasteiger partial charge in [-0.1, -0.05) is 17.4 Å². The molecule has 0 spiro atoms. The molecule has 0 radical (unpaired) electrons. The monoisotopic (exact) mass is 379 g/mol. The predicted molar refractivity (Wildman–Crippen MR) is 94.8 cm³/mol. The Morgan fingerprint density at radius 1 is 1.20 bits per heavy atom. The van der Waals surface area contributed by atoms with E-state index in [4.69, 9.17) is 10.5 Å². The highest BCUT2D eigenvalue weighted by molar-refractivity contribution is 7.90. The van der Waals surface area contributed by atoms with E-state index in [0.29, 0.717) is 32.7 Å². The molecule has 2 aromatic heterocycles. The average Bonchev–Trinajstić information content (AvgIpc) is 2.95. The number of nitrogens with two attached hydrogens (primary N) is 1. The van der Waals surface area contributed by atoms with Crippen molar-refractivity contribution in [2.45, 2.75) is 4.90 Å². The number of nitrogens with zero attached hydrogens (tertiary/aromatic N) is 2. The number of benzene rings is 1. The van der Waals surface area contributed by atoms with E-state index in [-0.39, 0.29) is 4.90 Å². The van der Waals surface area contributed by atoms with E-state index in [1.54, 1.807) is 18.3 Å². The van der Waals surface area contributed by atoms with Crippen LogP contribution in [-0.4, -0.2) is 31.8 Å². The topological polar surface area (TPSA) is 95.2 Å². The van der Waals surface area contributed by atoms with Gasteiger partial charge in [0, 0.05) is 24.1 Å². The second-order valence-electron chi connectivity index (χ2n) is 5.23. The highest BCUT2D eigenvalue weighted by Gasteiger charge is 2.19. The molecule has 0 saturated heterocycles. The Hall–Kier alpha value is -2.52. The fourth-order valence-corrected chi connectivity index (χ4v) is 3.92. The van der Waals surface area contributed by atoms with Crippen molar-refractivity contribution >= 4 is 26.3 Å². The summed E-state index contributed by atoms with van der Waals surface area (Å²) >= 11 is 1.19. The van der Waals surface area contributed by atoms with Crippen molar-refractivity contribution < 1.29 is 17.5 Å². The minimum atomic E-state index is -3.64. The van der Waals surface area contributed by atoms with Gasteiger partial charge in [-0.25, -0.2) is 22.8 Å². The third-order valence-corrected chi connectivity index (χ3v) is 5.52. The van der Waals surface area contributed by atoms with Crippen LogP contribution in [0, 0.1) is 5.82 Å². The zero-order valence-corrected chi connectivity index (χ0v) is 15.0. The zero-order valence-electron chi connectivity index (χ0n) is 13.4. The standard InChI is InChI=1S/C16H14FN3O3S2/c1-23-13-8-9(5-6-19-13)14-15(24-16(18)20-14)10-3-4-12(11(17)7-10)25(2,21)22/h3-8H,1-2H3,(H2,18,20). The Morgan fingerprint density at radius 2 is 1.96 bits per heavy atom. The normalized spacial score (nSPS) is 11.5. The fourth-order valence-electron chi connectivity index (χ4n) is 2.34. The minimum Gasteiger partial charge on any atom is -0.481 e. The van der Waals surface area contributed by atoms with Gasteiger partial charge in [-0.15, -0.1) is 0 Å². The highest BCUT2D eigenvalue weighted by atomic mass is 32.2. The van der Waals surface area contributed by atoms with Crippen LogP contribution in [0.1, 0.15) is 0 Å². The number of pyridine rings is 1. The lowest BCUT2D eigenvalue weighted by Crippen LogP contribution is -2.00. The first-order valence-electron chi connectivity index (χ1n) is 7.06. The third kappa shape index (κ3) is 3.47. The molecule has 2 heterocycles.